The summed E-state index contributed by atoms with van der Waals surface area (Å²) in [4.78, 5) is 11.7. The van der Waals surface area contributed by atoms with Gasteiger partial charge in [-0.2, -0.15) is 0 Å². The lowest BCUT2D eigenvalue weighted by Gasteiger charge is -2.09. The second-order valence-electron chi connectivity index (χ2n) is 4.07. The van der Waals surface area contributed by atoms with E-state index in [1.165, 1.54) is 12.1 Å². The summed E-state index contributed by atoms with van der Waals surface area (Å²) in [5.74, 6) is -0.492. The molecule has 0 fully saturated rings. The number of benzene rings is 2. The fourth-order valence-electron chi connectivity index (χ4n) is 1.60. The molecule has 0 spiro atoms. The lowest BCUT2D eigenvalue weighted by Crippen LogP contribution is -2.20. The zero-order chi connectivity index (χ0) is 13.8. The molecule has 0 aliphatic rings. The van der Waals surface area contributed by atoms with Crippen molar-refractivity contribution in [3.05, 3.63) is 58.3 Å². The SMILES string of the molecule is Cc1cccc(NC(=O)Nc2ccc(Br)cc2F)c1. The average Bonchev–Trinajstić information content (AvgIpc) is 2.33. The Hall–Kier alpha value is -1.88. The van der Waals surface area contributed by atoms with E-state index in [1.54, 1.807) is 12.1 Å². The average molecular weight is 323 g/mol. The summed E-state index contributed by atoms with van der Waals surface area (Å²) < 4.78 is 14.2. The summed E-state index contributed by atoms with van der Waals surface area (Å²) in [5, 5.41) is 5.10. The van der Waals surface area contributed by atoms with Crippen LogP contribution in [0.1, 0.15) is 5.56 Å². The minimum atomic E-state index is -0.492. The molecule has 5 heteroatoms. The fourth-order valence-corrected chi connectivity index (χ4v) is 1.93. The molecular weight excluding hydrogens is 311 g/mol. The molecule has 19 heavy (non-hydrogen) atoms. The largest absolute Gasteiger partial charge is 0.323 e. The van der Waals surface area contributed by atoms with Gasteiger partial charge < -0.3 is 10.6 Å². The Morgan fingerprint density at radius 1 is 1.16 bits per heavy atom. The van der Waals surface area contributed by atoms with E-state index in [2.05, 4.69) is 26.6 Å². The number of hydrogen-bond acceptors (Lipinski definition) is 1. The summed E-state index contributed by atoms with van der Waals surface area (Å²) in [5.41, 5.74) is 1.83. The third-order valence-electron chi connectivity index (χ3n) is 2.46. The predicted octanol–water partition coefficient (Wildman–Crippen LogP) is 4.54. The summed E-state index contributed by atoms with van der Waals surface area (Å²) >= 11 is 3.16. The molecule has 0 unspecified atom stereocenters. The molecular formula is C14H12BrFN2O. The van der Waals surface area contributed by atoms with E-state index in [0.29, 0.717) is 10.2 Å². The summed E-state index contributed by atoms with van der Waals surface area (Å²) in [6.07, 6.45) is 0. The number of halogens is 2. The van der Waals surface area contributed by atoms with Crippen LogP contribution >= 0.6 is 15.9 Å². The van der Waals surface area contributed by atoms with Crippen molar-refractivity contribution in [1.29, 1.82) is 0 Å². The van der Waals surface area contributed by atoms with Crippen LogP contribution in [0.25, 0.3) is 0 Å². The Morgan fingerprint density at radius 2 is 1.95 bits per heavy atom. The van der Waals surface area contributed by atoms with Gasteiger partial charge in [0.1, 0.15) is 5.82 Å². The number of anilines is 2. The third kappa shape index (κ3) is 3.79. The van der Waals surface area contributed by atoms with Crippen LogP contribution in [0.5, 0.6) is 0 Å². The Labute approximate surface area is 119 Å². The number of carbonyl (C=O) groups excluding carboxylic acids is 1. The van der Waals surface area contributed by atoms with Crippen LogP contribution in [0.4, 0.5) is 20.6 Å². The van der Waals surface area contributed by atoms with Crippen LogP contribution in [0.15, 0.2) is 46.9 Å². The molecule has 0 saturated carbocycles. The number of hydrogen-bond donors (Lipinski definition) is 2. The molecule has 3 nitrogen and oxygen atoms in total. The van der Waals surface area contributed by atoms with Crippen molar-refractivity contribution in [3.63, 3.8) is 0 Å². The first-order valence-electron chi connectivity index (χ1n) is 5.64. The van der Waals surface area contributed by atoms with E-state index in [-0.39, 0.29) is 5.69 Å². The van der Waals surface area contributed by atoms with Gasteiger partial charge in [-0.25, -0.2) is 9.18 Å². The van der Waals surface area contributed by atoms with Crippen LogP contribution < -0.4 is 10.6 Å². The zero-order valence-corrected chi connectivity index (χ0v) is 11.8. The lowest BCUT2D eigenvalue weighted by molar-refractivity contribution is 0.262. The Kier molecular flexibility index (Phi) is 4.16. The molecule has 0 aliphatic carbocycles. The van der Waals surface area contributed by atoms with Crippen LogP contribution in [-0.4, -0.2) is 6.03 Å². The third-order valence-corrected chi connectivity index (χ3v) is 2.95. The standard InChI is InChI=1S/C14H12BrFN2O/c1-9-3-2-4-11(7-9)17-14(19)18-13-6-5-10(15)8-12(13)16/h2-8H,1H3,(H2,17,18,19). The second-order valence-corrected chi connectivity index (χ2v) is 4.99. The van der Waals surface area contributed by atoms with Crippen LogP contribution in [0.3, 0.4) is 0 Å². The first kappa shape index (κ1) is 13.5. The van der Waals surface area contributed by atoms with E-state index in [0.717, 1.165) is 5.56 Å². The molecule has 2 amide bonds. The maximum absolute atomic E-state index is 13.5. The van der Waals surface area contributed by atoms with Gasteiger partial charge in [0.05, 0.1) is 5.69 Å². The molecule has 0 aromatic heterocycles. The minimum absolute atomic E-state index is 0.133. The molecule has 0 heterocycles. The van der Waals surface area contributed by atoms with Gasteiger partial charge in [-0.3, -0.25) is 0 Å². The van der Waals surface area contributed by atoms with Gasteiger partial charge in [0.2, 0.25) is 0 Å². The van der Waals surface area contributed by atoms with Gasteiger partial charge in [0, 0.05) is 10.2 Å². The normalized spacial score (nSPS) is 10.1. The molecule has 2 rings (SSSR count). The van der Waals surface area contributed by atoms with Crippen molar-refractivity contribution >= 4 is 33.3 Å². The molecule has 0 aliphatic heterocycles. The highest BCUT2D eigenvalue weighted by Crippen LogP contribution is 2.19. The first-order chi connectivity index (χ1) is 9.04. The second kappa shape index (κ2) is 5.84. The number of rotatable bonds is 2. The monoisotopic (exact) mass is 322 g/mol. The first-order valence-corrected chi connectivity index (χ1v) is 6.43. The molecule has 0 saturated heterocycles. The molecule has 98 valence electrons. The maximum atomic E-state index is 13.5. The van der Waals surface area contributed by atoms with Crippen molar-refractivity contribution in [2.75, 3.05) is 10.6 Å². The molecule has 2 aromatic rings. The van der Waals surface area contributed by atoms with E-state index in [1.807, 2.05) is 25.1 Å². The van der Waals surface area contributed by atoms with Crippen molar-refractivity contribution in [1.82, 2.24) is 0 Å². The quantitative estimate of drug-likeness (QED) is 0.837. The van der Waals surface area contributed by atoms with Crippen molar-refractivity contribution < 1.29 is 9.18 Å². The highest BCUT2D eigenvalue weighted by molar-refractivity contribution is 9.10. The van der Waals surface area contributed by atoms with E-state index >= 15 is 0 Å². The highest BCUT2D eigenvalue weighted by atomic mass is 79.9. The minimum Gasteiger partial charge on any atom is -0.308 e. The Balaban J connectivity index is 2.05. The van der Waals surface area contributed by atoms with Crippen LogP contribution in [0.2, 0.25) is 0 Å². The number of carbonyl (C=O) groups is 1. The van der Waals surface area contributed by atoms with Gasteiger partial charge in [0.15, 0.2) is 0 Å². The van der Waals surface area contributed by atoms with Gasteiger partial charge in [0.25, 0.3) is 0 Å². The van der Waals surface area contributed by atoms with Crippen molar-refractivity contribution in [3.8, 4) is 0 Å². The van der Waals surface area contributed by atoms with Crippen LogP contribution in [0, 0.1) is 12.7 Å². The van der Waals surface area contributed by atoms with Crippen molar-refractivity contribution in [2.24, 2.45) is 0 Å². The van der Waals surface area contributed by atoms with Gasteiger partial charge >= 0.3 is 6.03 Å². The number of amides is 2. The molecule has 0 atom stereocenters. The van der Waals surface area contributed by atoms with Gasteiger partial charge in [-0.05, 0) is 42.8 Å². The highest BCUT2D eigenvalue weighted by Gasteiger charge is 2.07. The summed E-state index contributed by atoms with van der Waals surface area (Å²) in [7, 11) is 0. The topological polar surface area (TPSA) is 41.1 Å². The predicted molar refractivity (Wildman–Crippen MR) is 77.9 cm³/mol. The number of aryl methyl sites for hydroxylation is 1. The molecule has 0 radical (unpaired) electrons. The van der Waals surface area contributed by atoms with Gasteiger partial charge in [-0.15, -0.1) is 0 Å². The summed E-state index contributed by atoms with van der Waals surface area (Å²) in [6, 6.07) is 11.3. The van der Waals surface area contributed by atoms with Gasteiger partial charge in [-0.1, -0.05) is 28.1 Å². The van der Waals surface area contributed by atoms with Crippen LogP contribution in [-0.2, 0) is 0 Å². The van der Waals surface area contributed by atoms with E-state index < -0.39 is 11.8 Å². The maximum Gasteiger partial charge on any atom is 0.323 e. The summed E-state index contributed by atoms with van der Waals surface area (Å²) in [6.45, 7) is 1.93. The lowest BCUT2D eigenvalue weighted by atomic mass is 10.2. The number of nitrogens with one attached hydrogen (secondary N) is 2. The Morgan fingerprint density at radius 3 is 2.63 bits per heavy atom. The molecule has 0 bridgehead atoms. The van der Waals surface area contributed by atoms with E-state index in [9.17, 15) is 9.18 Å². The van der Waals surface area contributed by atoms with Crippen molar-refractivity contribution in [2.45, 2.75) is 6.92 Å². The fraction of sp³-hybridized carbons (Fsp3) is 0.0714. The Bertz CT molecular complexity index is 616. The smallest absolute Gasteiger partial charge is 0.308 e. The zero-order valence-electron chi connectivity index (χ0n) is 10.2. The molecule has 2 N–H and O–H groups in total. The van der Waals surface area contributed by atoms with E-state index in [4.69, 9.17) is 0 Å². The molecule has 2 aromatic carbocycles. The number of urea groups is 1.